The van der Waals surface area contributed by atoms with Crippen molar-refractivity contribution in [1.29, 1.82) is 0 Å². The number of likely N-dealkylation sites (tertiary alicyclic amines) is 1. The number of aliphatic imine (C=N–C) groups is 1. The molecular formula is C22H30N4O2S. The lowest BCUT2D eigenvalue weighted by Crippen LogP contribution is -2.48. The minimum absolute atomic E-state index is 0.124. The molecule has 7 heteroatoms. The number of benzene rings is 2. The molecular weight excluding hydrogens is 384 g/mol. The Morgan fingerprint density at radius 3 is 2.45 bits per heavy atom. The third-order valence-electron chi connectivity index (χ3n) is 5.70. The Hall–Kier alpha value is -2.38. The molecule has 0 aliphatic carbocycles. The van der Waals surface area contributed by atoms with E-state index in [-0.39, 0.29) is 4.90 Å². The molecule has 156 valence electrons. The van der Waals surface area contributed by atoms with Crippen LogP contribution in [0.2, 0.25) is 0 Å². The molecule has 1 aliphatic rings. The normalized spacial score (nSPS) is 20.5. The monoisotopic (exact) mass is 414 g/mol. The molecule has 1 aliphatic heterocycles. The predicted octanol–water partition coefficient (Wildman–Crippen LogP) is 2.93. The van der Waals surface area contributed by atoms with E-state index < -0.39 is 10.0 Å². The van der Waals surface area contributed by atoms with Crippen molar-refractivity contribution in [1.82, 2.24) is 10.2 Å². The summed E-state index contributed by atoms with van der Waals surface area (Å²) < 4.78 is 22.8. The summed E-state index contributed by atoms with van der Waals surface area (Å²) in [4.78, 5) is 6.92. The van der Waals surface area contributed by atoms with Gasteiger partial charge >= 0.3 is 0 Å². The zero-order chi connectivity index (χ0) is 20.9. The molecule has 3 N–H and O–H groups in total. The zero-order valence-corrected chi connectivity index (χ0v) is 17.9. The van der Waals surface area contributed by atoms with Crippen LogP contribution in [-0.2, 0) is 16.6 Å². The standard InChI is InChI=1S/C22H30N4O2S/c1-3-18-16-26(14-13-21(18)19-7-5-4-6-8-19)22(24-2)25-15-17-9-11-20(12-10-17)29(23,27)28/h4-12,18,21H,3,13-16H2,1-2H3,(H,24,25)(H2,23,27,28). The van der Waals surface area contributed by atoms with Gasteiger partial charge in [-0.15, -0.1) is 0 Å². The summed E-state index contributed by atoms with van der Waals surface area (Å²) >= 11 is 0. The average Bonchev–Trinajstić information content (AvgIpc) is 2.74. The third kappa shape index (κ3) is 5.36. The molecule has 2 aromatic rings. The van der Waals surface area contributed by atoms with Crippen LogP contribution in [0.25, 0.3) is 0 Å². The molecule has 6 nitrogen and oxygen atoms in total. The van der Waals surface area contributed by atoms with Gasteiger partial charge in [-0.2, -0.15) is 0 Å². The van der Waals surface area contributed by atoms with Crippen LogP contribution in [-0.4, -0.2) is 39.4 Å². The van der Waals surface area contributed by atoms with Crippen molar-refractivity contribution in [3.05, 3.63) is 65.7 Å². The van der Waals surface area contributed by atoms with Gasteiger partial charge in [0.1, 0.15) is 0 Å². The van der Waals surface area contributed by atoms with Crippen LogP contribution in [0.3, 0.4) is 0 Å². The minimum atomic E-state index is -3.66. The second-order valence-electron chi connectivity index (χ2n) is 7.51. The van der Waals surface area contributed by atoms with Crippen molar-refractivity contribution in [3.63, 3.8) is 0 Å². The highest BCUT2D eigenvalue weighted by Crippen LogP contribution is 2.34. The zero-order valence-electron chi connectivity index (χ0n) is 17.1. The molecule has 0 bridgehead atoms. The van der Waals surface area contributed by atoms with E-state index in [1.165, 1.54) is 17.7 Å². The summed E-state index contributed by atoms with van der Waals surface area (Å²) in [6.07, 6.45) is 2.23. The quantitative estimate of drug-likeness (QED) is 0.582. The molecule has 0 spiro atoms. The minimum Gasteiger partial charge on any atom is -0.352 e. The maximum atomic E-state index is 11.4. The molecule has 2 atom stereocenters. The van der Waals surface area contributed by atoms with Crippen LogP contribution in [0.4, 0.5) is 0 Å². The van der Waals surface area contributed by atoms with Crippen molar-refractivity contribution in [3.8, 4) is 0 Å². The summed E-state index contributed by atoms with van der Waals surface area (Å²) in [6.45, 7) is 4.76. The molecule has 0 aromatic heterocycles. The van der Waals surface area contributed by atoms with Crippen molar-refractivity contribution >= 4 is 16.0 Å². The number of sulfonamides is 1. The summed E-state index contributed by atoms with van der Waals surface area (Å²) in [5.41, 5.74) is 2.40. The van der Waals surface area contributed by atoms with E-state index in [4.69, 9.17) is 5.14 Å². The molecule has 0 amide bonds. The first kappa shape index (κ1) is 21.3. The molecule has 3 rings (SSSR count). The van der Waals surface area contributed by atoms with E-state index in [1.54, 1.807) is 19.2 Å². The molecule has 0 radical (unpaired) electrons. The number of nitrogens with two attached hydrogens (primary N) is 1. The second kappa shape index (κ2) is 9.41. The number of hydrogen-bond acceptors (Lipinski definition) is 3. The van der Waals surface area contributed by atoms with Crippen LogP contribution in [0.5, 0.6) is 0 Å². The van der Waals surface area contributed by atoms with E-state index in [9.17, 15) is 8.42 Å². The number of rotatable bonds is 5. The summed E-state index contributed by atoms with van der Waals surface area (Å²) in [5.74, 6) is 2.05. The van der Waals surface area contributed by atoms with Gasteiger partial charge in [0.25, 0.3) is 0 Å². The number of primary sulfonamides is 1. The number of nitrogens with zero attached hydrogens (tertiary/aromatic N) is 2. The fourth-order valence-corrected chi connectivity index (χ4v) is 4.60. The van der Waals surface area contributed by atoms with Crippen LogP contribution in [0.15, 0.2) is 64.5 Å². The lowest BCUT2D eigenvalue weighted by Gasteiger charge is -2.40. The van der Waals surface area contributed by atoms with Crippen molar-refractivity contribution < 1.29 is 8.42 Å². The Morgan fingerprint density at radius 2 is 1.86 bits per heavy atom. The Morgan fingerprint density at radius 1 is 1.17 bits per heavy atom. The van der Waals surface area contributed by atoms with Gasteiger partial charge in [-0.3, -0.25) is 4.99 Å². The third-order valence-corrected chi connectivity index (χ3v) is 6.63. The van der Waals surface area contributed by atoms with Crippen molar-refractivity contribution in [2.45, 2.75) is 37.1 Å². The first-order valence-corrected chi connectivity index (χ1v) is 11.6. The number of nitrogens with one attached hydrogen (secondary N) is 1. The van der Waals surface area contributed by atoms with Crippen molar-refractivity contribution in [2.24, 2.45) is 16.0 Å². The van der Waals surface area contributed by atoms with E-state index in [0.29, 0.717) is 18.4 Å². The first-order chi connectivity index (χ1) is 13.9. The highest BCUT2D eigenvalue weighted by atomic mass is 32.2. The maximum Gasteiger partial charge on any atom is 0.238 e. The average molecular weight is 415 g/mol. The van der Waals surface area contributed by atoms with Crippen molar-refractivity contribution in [2.75, 3.05) is 20.1 Å². The highest BCUT2D eigenvalue weighted by Gasteiger charge is 2.30. The van der Waals surface area contributed by atoms with E-state index in [1.807, 2.05) is 0 Å². The van der Waals surface area contributed by atoms with Gasteiger partial charge in [0, 0.05) is 26.7 Å². The van der Waals surface area contributed by atoms with Gasteiger partial charge in [0.15, 0.2) is 5.96 Å². The fourth-order valence-electron chi connectivity index (χ4n) is 4.09. The molecule has 1 heterocycles. The number of piperidine rings is 1. The van der Waals surface area contributed by atoms with Crippen LogP contribution in [0, 0.1) is 5.92 Å². The van der Waals surface area contributed by atoms with Gasteiger partial charge in [-0.05, 0) is 41.5 Å². The lowest BCUT2D eigenvalue weighted by atomic mass is 9.79. The Balaban J connectivity index is 1.62. The molecule has 2 aromatic carbocycles. The van der Waals surface area contributed by atoms with Gasteiger partial charge in [-0.25, -0.2) is 13.6 Å². The smallest absolute Gasteiger partial charge is 0.238 e. The Labute approximate surface area is 173 Å². The fraction of sp³-hybridized carbons (Fsp3) is 0.409. The van der Waals surface area contributed by atoms with E-state index in [2.05, 4.69) is 52.5 Å². The SMILES string of the molecule is CCC1CN(C(=NC)NCc2ccc(S(N)(=O)=O)cc2)CCC1c1ccccc1. The van der Waals surface area contributed by atoms with Gasteiger partial charge < -0.3 is 10.2 Å². The molecule has 0 saturated carbocycles. The Kier molecular flexibility index (Phi) is 6.92. The van der Waals surface area contributed by atoms with E-state index in [0.717, 1.165) is 37.5 Å². The van der Waals surface area contributed by atoms with Crippen LogP contribution in [0.1, 0.15) is 36.8 Å². The molecule has 2 unspecified atom stereocenters. The predicted molar refractivity (Wildman–Crippen MR) is 117 cm³/mol. The topological polar surface area (TPSA) is 87.8 Å². The van der Waals surface area contributed by atoms with E-state index >= 15 is 0 Å². The molecule has 1 fully saturated rings. The maximum absolute atomic E-state index is 11.4. The highest BCUT2D eigenvalue weighted by molar-refractivity contribution is 7.89. The van der Waals surface area contributed by atoms with Gasteiger partial charge in [0.2, 0.25) is 10.0 Å². The van der Waals surface area contributed by atoms with Crippen LogP contribution < -0.4 is 10.5 Å². The number of guanidine groups is 1. The summed E-state index contributed by atoms with van der Waals surface area (Å²) in [7, 11) is -1.86. The molecule has 29 heavy (non-hydrogen) atoms. The first-order valence-electron chi connectivity index (χ1n) is 10.0. The lowest BCUT2D eigenvalue weighted by molar-refractivity contribution is 0.215. The Bertz CT molecular complexity index is 927. The second-order valence-corrected chi connectivity index (χ2v) is 9.07. The van der Waals surface area contributed by atoms with Gasteiger partial charge in [0.05, 0.1) is 4.90 Å². The number of hydrogen-bond donors (Lipinski definition) is 2. The summed E-state index contributed by atoms with van der Waals surface area (Å²) in [5, 5.41) is 8.57. The largest absolute Gasteiger partial charge is 0.352 e. The van der Waals surface area contributed by atoms with Gasteiger partial charge in [-0.1, -0.05) is 55.8 Å². The summed E-state index contributed by atoms with van der Waals surface area (Å²) in [6, 6.07) is 17.4. The molecule has 1 saturated heterocycles. The van der Waals surface area contributed by atoms with Crippen LogP contribution >= 0.6 is 0 Å².